The predicted octanol–water partition coefficient (Wildman–Crippen LogP) is 5.56. The van der Waals surface area contributed by atoms with E-state index in [2.05, 4.69) is 5.32 Å². The number of benzene rings is 2. The van der Waals surface area contributed by atoms with Gasteiger partial charge < -0.3 is 15.0 Å². The van der Waals surface area contributed by atoms with Crippen molar-refractivity contribution in [2.45, 2.75) is 51.9 Å². The van der Waals surface area contributed by atoms with Gasteiger partial charge in [0, 0.05) is 23.3 Å². The maximum atomic E-state index is 13.5. The molecule has 1 heterocycles. The van der Waals surface area contributed by atoms with Gasteiger partial charge in [0.1, 0.15) is 12.4 Å². The Kier molecular flexibility index (Phi) is 5.73. The van der Waals surface area contributed by atoms with E-state index < -0.39 is 10.8 Å². The fourth-order valence-electron chi connectivity index (χ4n) is 4.68. The van der Waals surface area contributed by atoms with Crippen molar-refractivity contribution in [3.8, 4) is 5.75 Å². The molecule has 0 saturated heterocycles. The molecule has 0 bridgehead atoms. The van der Waals surface area contributed by atoms with E-state index in [1.165, 1.54) is 0 Å². The Hall–Kier alpha value is -2.53. The van der Waals surface area contributed by atoms with Crippen molar-refractivity contribution < 1.29 is 14.3 Å². The minimum Gasteiger partial charge on any atom is -0.490 e. The molecule has 1 saturated carbocycles. The Labute approximate surface area is 188 Å². The van der Waals surface area contributed by atoms with Gasteiger partial charge in [0.15, 0.2) is 0 Å². The van der Waals surface area contributed by atoms with Crippen molar-refractivity contribution in [3.05, 3.63) is 53.1 Å². The molecule has 6 heteroatoms. The number of hydrogen-bond acceptors (Lipinski definition) is 3. The lowest BCUT2D eigenvalue weighted by Crippen LogP contribution is -2.42. The van der Waals surface area contributed by atoms with E-state index in [4.69, 9.17) is 16.3 Å². The van der Waals surface area contributed by atoms with Crippen LogP contribution in [0.3, 0.4) is 0 Å². The second-order valence-electron chi connectivity index (χ2n) is 9.15. The third-order valence-corrected chi connectivity index (χ3v) is 6.78. The smallest absolute Gasteiger partial charge is 0.236 e. The fraction of sp³-hybridized carbons (Fsp3) is 0.440. The number of nitrogens with zero attached hydrogens (tertiary/aromatic N) is 1. The SMILES string of the molecule is CCN1C(=O)C(C)(C)COc2cc(NC(=O)C3(c4ccc(Cl)cc4)CCCC3)ccc21. The number of anilines is 2. The summed E-state index contributed by atoms with van der Waals surface area (Å²) >= 11 is 6.07. The Balaban J connectivity index is 1.63. The molecule has 2 aromatic rings. The van der Waals surface area contributed by atoms with E-state index in [9.17, 15) is 9.59 Å². The van der Waals surface area contributed by atoms with Crippen molar-refractivity contribution >= 4 is 34.8 Å². The first-order valence-corrected chi connectivity index (χ1v) is 11.3. The van der Waals surface area contributed by atoms with Crippen molar-refractivity contribution in [2.75, 3.05) is 23.4 Å². The average molecular weight is 441 g/mol. The van der Waals surface area contributed by atoms with Gasteiger partial charge in [-0.05, 0) is 63.4 Å². The minimum absolute atomic E-state index is 0.00958. The second kappa shape index (κ2) is 8.19. The highest BCUT2D eigenvalue weighted by Gasteiger charge is 2.43. The zero-order valence-electron chi connectivity index (χ0n) is 18.3. The van der Waals surface area contributed by atoms with Crippen LogP contribution in [0.5, 0.6) is 5.75 Å². The first kappa shape index (κ1) is 21.7. The summed E-state index contributed by atoms with van der Waals surface area (Å²) in [5, 5.41) is 3.78. The highest BCUT2D eigenvalue weighted by Crippen LogP contribution is 2.43. The zero-order chi connectivity index (χ0) is 22.2. The van der Waals surface area contributed by atoms with Gasteiger partial charge in [0.2, 0.25) is 11.8 Å². The minimum atomic E-state index is -0.610. The summed E-state index contributed by atoms with van der Waals surface area (Å²) in [5.41, 5.74) is 1.26. The summed E-state index contributed by atoms with van der Waals surface area (Å²) in [6.07, 6.45) is 3.67. The molecule has 0 unspecified atom stereocenters. The molecule has 2 aromatic carbocycles. The highest BCUT2D eigenvalue weighted by atomic mass is 35.5. The maximum Gasteiger partial charge on any atom is 0.236 e. The topological polar surface area (TPSA) is 58.6 Å². The van der Waals surface area contributed by atoms with Crippen molar-refractivity contribution in [3.63, 3.8) is 0 Å². The van der Waals surface area contributed by atoms with Crippen molar-refractivity contribution in [1.29, 1.82) is 0 Å². The van der Waals surface area contributed by atoms with Gasteiger partial charge in [-0.1, -0.05) is 36.6 Å². The largest absolute Gasteiger partial charge is 0.490 e. The summed E-state index contributed by atoms with van der Waals surface area (Å²) in [4.78, 5) is 28.1. The number of ether oxygens (including phenoxy) is 1. The summed E-state index contributed by atoms with van der Waals surface area (Å²) in [6, 6.07) is 13.1. The molecule has 4 rings (SSSR count). The third kappa shape index (κ3) is 3.91. The van der Waals surface area contributed by atoms with Crippen LogP contribution in [-0.2, 0) is 15.0 Å². The van der Waals surface area contributed by atoms with Crippen LogP contribution in [0.2, 0.25) is 5.02 Å². The fourth-order valence-corrected chi connectivity index (χ4v) is 4.81. The lowest BCUT2D eigenvalue weighted by atomic mass is 9.78. The molecule has 164 valence electrons. The van der Waals surface area contributed by atoms with Crippen LogP contribution in [-0.4, -0.2) is 25.0 Å². The number of rotatable bonds is 4. The average Bonchev–Trinajstić information content (AvgIpc) is 3.22. The summed E-state index contributed by atoms with van der Waals surface area (Å²) in [5.74, 6) is 0.647. The number of fused-ring (bicyclic) bond motifs is 1. The van der Waals surface area contributed by atoms with Crippen molar-refractivity contribution in [2.24, 2.45) is 5.41 Å². The Morgan fingerprint density at radius 2 is 1.81 bits per heavy atom. The second-order valence-corrected chi connectivity index (χ2v) is 9.59. The molecule has 5 nitrogen and oxygen atoms in total. The molecule has 2 aliphatic rings. The number of amides is 2. The number of nitrogens with one attached hydrogen (secondary N) is 1. The van der Waals surface area contributed by atoms with E-state index in [-0.39, 0.29) is 11.8 Å². The number of carbonyl (C=O) groups is 2. The normalized spacial score (nSPS) is 19.4. The molecular formula is C25H29ClN2O3. The van der Waals surface area contributed by atoms with Crippen LogP contribution < -0.4 is 15.0 Å². The van der Waals surface area contributed by atoms with Gasteiger partial charge >= 0.3 is 0 Å². The van der Waals surface area contributed by atoms with Crippen molar-refractivity contribution in [1.82, 2.24) is 0 Å². The van der Waals surface area contributed by atoms with Gasteiger partial charge in [-0.15, -0.1) is 0 Å². The number of carbonyl (C=O) groups excluding carboxylic acids is 2. The molecule has 0 atom stereocenters. The van der Waals surface area contributed by atoms with Gasteiger partial charge in [-0.3, -0.25) is 9.59 Å². The molecule has 0 radical (unpaired) electrons. The number of hydrogen-bond donors (Lipinski definition) is 1. The first-order chi connectivity index (χ1) is 14.8. The molecule has 1 N–H and O–H groups in total. The van der Waals surface area contributed by atoms with Crippen LogP contribution in [0.1, 0.15) is 52.0 Å². The molecule has 1 aliphatic heterocycles. The molecule has 1 fully saturated rings. The van der Waals surface area contributed by atoms with Crippen LogP contribution in [0.4, 0.5) is 11.4 Å². The molecule has 0 aromatic heterocycles. The first-order valence-electron chi connectivity index (χ1n) is 10.9. The summed E-state index contributed by atoms with van der Waals surface area (Å²) < 4.78 is 6.01. The van der Waals surface area contributed by atoms with Gasteiger partial charge in [-0.2, -0.15) is 0 Å². The lowest BCUT2D eigenvalue weighted by molar-refractivity contribution is -0.127. The molecule has 31 heavy (non-hydrogen) atoms. The Morgan fingerprint density at radius 1 is 1.13 bits per heavy atom. The van der Waals surface area contributed by atoms with E-state index in [0.717, 1.165) is 36.9 Å². The Bertz CT molecular complexity index is 994. The number of halogens is 1. The van der Waals surface area contributed by atoms with E-state index >= 15 is 0 Å². The van der Waals surface area contributed by atoms with Crippen LogP contribution in [0.15, 0.2) is 42.5 Å². The molecule has 0 spiro atoms. The molecule has 1 aliphatic carbocycles. The highest BCUT2D eigenvalue weighted by molar-refractivity contribution is 6.30. The van der Waals surface area contributed by atoms with E-state index in [1.54, 1.807) is 4.90 Å². The summed E-state index contributed by atoms with van der Waals surface area (Å²) in [7, 11) is 0. The van der Waals surface area contributed by atoms with Gasteiger partial charge in [0.05, 0.1) is 16.5 Å². The standard InChI is InChI=1S/C25H29ClN2O3/c1-4-28-20-12-11-19(15-21(20)31-16-24(2,3)23(28)30)27-22(29)25(13-5-6-14-25)17-7-9-18(26)10-8-17/h7-12,15H,4-6,13-14,16H2,1-3H3,(H,27,29). The Morgan fingerprint density at radius 3 is 2.45 bits per heavy atom. The van der Waals surface area contributed by atoms with Gasteiger partial charge in [-0.25, -0.2) is 0 Å². The quantitative estimate of drug-likeness (QED) is 0.676. The van der Waals surface area contributed by atoms with E-state index in [0.29, 0.717) is 29.6 Å². The molecule has 2 amide bonds. The monoisotopic (exact) mass is 440 g/mol. The van der Waals surface area contributed by atoms with Crippen LogP contribution >= 0.6 is 11.6 Å². The van der Waals surface area contributed by atoms with Gasteiger partial charge in [0.25, 0.3) is 0 Å². The predicted molar refractivity (Wildman–Crippen MR) is 124 cm³/mol. The summed E-state index contributed by atoms with van der Waals surface area (Å²) in [6.45, 7) is 6.59. The van der Waals surface area contributed by atoms with Crippen LogP contribution in [0, 0.1) is 5.41 Å². The van der Waals surface area contributed by atoms with E-state index in [1.807, 2.05) is 63.2 Å². The van der Waals surface area contributed by atoms with Crippen LogP contribution in [0.25, 0.3) is 0 Å². The lowest BCUT2D eigenvalue weighted by Gasteiger charge is -2.29. The molecular weight excluding hydrogens is 412 g/mol. The zero-order valence-corrected chi connectivity index (χ0v) is 19.1. The third-order valence-electron chi connectivity index (χ3n) is 6.53. The maximum absolute atomic E-state index is 13.5.